The van der Waals surface area contributed by atoms with Crippen molar-refractivity contribution in [3.8, 4) is 11.5 Å². The number of allylic oxidation sites excluding steroid dienone is 2. The van der Waals surface area contributed by atoms with Crippen LogP contribution >= 0.6 is 0 Å². The fraction of sp³-hybridized carbons (Fsp3) is 0.308. The molecule has 2 atom stereocenters. The number of hydrogen-bond donors (Lipinski definition) is 2. The normalized spacial score (nSPS) is 12.8. The summed E-state index contributed by atoms with van der Waals surface area (Å²) in [6.07, 6.45) is 5.21. The summed E-state index contributed by atoms with van der Waals surface area (Å²) in [5.74, 6) is 0.623. The average molecular weight is 470 g/mol. The second kappa shape index (κ2) is 14.4. The molecule has 0 aliphatic heterocycles. The Morgan fingerprint density at radius 1 is 1.03 bits per heavy atom. The van der Waals surface area contributed by atoms with Gasteiger partial charge in [0.15, 0.2) is 0 Å². The van der Waals surface area contributed by atoms with Crippen LogP contribution in [0.5, 0.6) is 11.5 Å². The monoisotopic (exact) mass is 469 g/mol. The van der Waals surface area contributed by atoms with Crippen LogP contribution in [0.25, 0.3) is 0 Å². The number of hydrogen-bond acceptors (Lipinski definition) is 7. The highest BCUT2D eigenvalue weighted by Gasteiger charge is 2.22. The summed E-state index contributed by atoms with van der Waals surface area (Å²) >= 11 is 0. The summed E-state index contributed by atoms with van der Waals surface area (Å²) in [6.45, 7) is 4.05. The molecule has 0 radical (unpaired) electrons. The van der Waals surface area contributed by atoms with E-state index in [1.54, 1.807) is 74.7 Å². The van der Waals surface area contributed by atoms with Crippen molar-refractivity contribution in [2.45, 2.75) is 20.0 Å². The van der Waals surface area contributed by atoms with Gasteiger partial charge in [0.05, 0.1) is 20.3 Å². The molecule has 2 aromatic carbocycles. The maximum absolute atomic E-state index is 12.6. The predicted octanol–water partition coefficient (Wildman–Crippen LogP) is 4.67. The second-order valence-electron chi connectivity index (χ2n) is 7.18. The Morgan fingerprint density at radius 3 is 2.32 bits per heavy atom. The van der Waals surface area contributed by atoms with Crippen LogP contribution in [0.4, 0.5) is 10.5 Å². The number of nitrogens with one attached hydrogen (secondary N) is 1. The molecule has 0 aliphatic rings. The molecular weight excluding hydrogens is 438 g/mol. The van der Waals surface area contributed by atoms with Crippen LogP contribution in [0.3, 0.4) is 0 Å². The van der Waals surface area contributed by atoms with Crippen molar-refractivity contribution in [3.05, 3.63) is 78.4 Å². The van der Waals surface area contributed by atoms with E-state index >= 15 is 0 Å². The van der Waals surface area contributed by atoms with E-state index in [0.29, 0.717) is 23.8 Å². The van der Waals surface area contributed by atoms with Crippen LogP contribution in [0.1, 0.15) is 25.5 Å². The Bertz CT molecular complexity index is 952. The van der Waals surface area contributed by atoms with Gasteiger partial charge in [-0.1, -0.05) is 37.3 Å². The summed E-state index contributed by atoms with van der Waals surface area (Å²) in [7, 11) is 1.57. The molecule has 2 aromatic rings. The SMILES string of the molecule is CCOC(=O)/C=C/C=C/[C@H](C)[C@H](OC(=O)Nc1ccc(OC)cc1)c1ccc(OCCO)cc1. The number of amides is 1. The molecule has 8 nitrogen and oxygen atoms in total. The molecule has 0 bridgehead atoms. The van der Waals surface area contributed by atoms with Crippen LogP contribution in [0.15, 0.2) is 72.8 Å². The van der Waals surface area contributed by atoms with Gasteiger partial charge in [-0.15, -0.1) is 0 Å². The smallest absolute Gasteiger partial charge is 0.412 e. The summed E-state index contributed by atoms with van der Waals surface area (Å²) in [4.78, 5) is 24.1. The quantitative estimate of drug-likeness (QED) is 0.265. The minimum absolute atomic E-state index is 0.0832. The minimum atomic E-state index is -0.614. The first kappa shape index (κ1) is 26.5. The fourth-order valence-corrected chi connectivity index (χ4v) is 3.00. The molecule has 0 aliphatic carbocycles. The van der Waals surface area contributed by atoms with Crippen LogP contribution in [-0.4, -0.2) is 44.1 Å². The van der Waals surface area contributed by atoms with Gasteiger partial charge in [0.1, 0.15) is 24.2 Å². The molecule has 0 unspecified atom stereocenters. The maximum atomic E-state index is 12.6. The molecule has 0 saturated heterocycles. The van der Waals surface area contributed by atoms with E-state index in [2.05, 4.69) is 5.32 Å². The van der Waals surface area contributed by atoms with Gasteiger partial charge in [-0.2, -0.15) is 0 Å². The number of esters is 1. The topological polar surface area (TPSA) is 103 Å². The van der Waals surface area contributed by atoms with E-state index in [1.807, 2.05) is 13.0 Å². The van der Waals surface area contributed by atoms with E-state index in [9.17, 15) is 9.59 Å². The third-order valence-corrected chi connectivity index (χ3v) is 4.66. The van der Waals surface area contributed by atoms with Crippen molar-refractivity contribution in [2.24, 2.45) is 5.92 Å². The fourth-order valence-electron chi connectivity index (χ4n) is 3.00. The lowest BCUT2D eigenvalue weighted by molar-refractivity contribution is -0.137. The van der Waals surface area contributed by atoms with Crippen molar-refractivity contribution in [3.63, 3.8) is 0 Å². The molecule has 2 N–H and O–H groups in total. The van der Waals surface area contributed by atoms with Gasteiger partial charge in [0, 0.05) is 17.7 Å². The van der Waals surface area contributed by atoms with Crippen LogP contribution in [0.2, 0.25) is 0 Å². The predicted molar refractivity (Wildman–Crippen MR) is 129 cm³/mol. The van der Waals surface area contributed by atoms with Crippen LogP contribution in [-0.2, 0) is 14.3 Å². The van der Waals surface area contributed by atoms with Crippen molar-refractivity contribution in [1.82, 2.24) is 0 Å². The third kappa shape index (κ3) is 8.99. The second-order valence-corrected chi connectivity index (χ2v) is 7.18. The van der Waals surface area contributed by atoms with E-state index in [4.69, 9.17) is 24.1 Å². The van der Waals surface area contributed by atoms with Gasteiger partial charge in [0.2, 0.25) is 0 Å². The van der Waals surface area contributed by atoms with Crippen LogP contribution in [0, 0.1) is 5.92 Å². The molecule has 182 valence electrons. The summed E-state index contributed by atoms with van der Waals surface area (Å²) in [5.41, 5.74) is 1.32. The Hall–Kier alpha value is -3.78. The lowest BCUT2D eigenvalue weighted by Gasteiger charge is -2.23. The number of carbonyl (C=O) groups is 2. The van der Waals surface area contributed by atoms with Crippen molar-refractivity contribution in [1.29, 1.82) is 0 Å². The van der Waals surface area contributed by atoms with Crippen molar-refractivity contribution < 1.29 is 33.6 Å². The number of carbonyl (C=O) groups excluding carboxylic acids is 2. The number of benzene rings is 2. The van der Waals surface area contributed by atoms with Gasteiger partial charge in [-0.05, 0) is 48.9 Å². The van der Waals surface area contributed by atoms with Crippen LogP contribution < -0.4 is 14.8 Å². The van der Waals surface area contributed by atoms with E-state index in [1.165, 1.54) is 6.08 Å². The molecule has 8 heteroatoms. The Morgan fingerprint density at radius 2 is 1.71 bits per heavy atom. The lowest BCUT2D eigenvalue weighted by Crippen LogP contribution is -2.21. The zero-order valence-corrected chi connectivity index (χ0v) is 19.6. The summed E-state index contributed by atoms with van der Waals surface area (Å²) in [5, 5.41) is 11.6. The number of aliphatic hydroxyl groups excluding tert-OH is 1. The Balaban J connectivity index is 2.14. The first-order valence-electron chi connectivity index (χ1n) is 10.9. The number of methoxy groups -OCH3 is 1. The molecule has 2 rings (SSSR count). The number of aliphatic hydroxyl groups is 1. The molecule has 34 heavy (non-hydrogen) atoms. The van der Waals surface area contributed by atoms with Crippen molar-refractivity contribution >= 4 is 17.7 Å². The molecule has 1 amide bonds. The van der Waals surface area contributed by atoms with Gasteiger partial charge in [0.25, 0.3) is 0 Å². The summed E-state index contributed by atoms with van der Waals surface area (Å²) in [6, 6.07) is 14.0. The standard InChI is InChI=1S/C26H31NO7/c1-4-32-24(29)8-6-5-7-19(2)25(20-9-13-23(14-10-20)33-18-17-28)34-26(30)27-21-11-15-22(31-3)16-12-21/h5-16,19,25,28H,4,17-18H2,1-3H3,(H,27,30)/b7-5+,8-6+/t19-,25-/m0/s1. The number of anilines is 1. The highest BCUT2D eigenvalue weighted by Crippen LogP contribution is 2.29. The average Bonchev–Trinajstić information content (AvgIpc) is 2.85. The third-order valence-electron chi connectivity index (χ3n) is 4.66. The highest BCUT2D eigenvalue weighted by atomic mass is 16.6. The van der Waals surface area contributed by atoms with Gasteiger partial charge in [-0.3, -0.25) is 5.32 Å². The van der Waals surface area contributed by atoms with E-state index in [0.717, 1.165) is 5.56 Å². The first-order chi connectivity index (χ1) is 16.5. The van der Waals surface area contributed by atoms with Gasteiger partial charge in [-0.25, -0.2) is 9.59 Å². The number of ether oxygens (including phenoxy) is 4. The van der Waals surface area contributed by atoms with E-state index < -0.39 is 18.2 Å². The molecule has 0 aromatic heterocycles. The maximum Gasteiger partial charge on any atom is 0.412 e. The number of rotatable bonds is 12. The van der Waals surface area contributed by atoms with E-state index in [-0.39, 0.29) is 19.1 Å². The highest BCUT2D eigenvalue weighted by molar-refractivity contribution is 5.85. The molecular formula is C26H31NO7. The zero-order chi connectivity index (χ0) is 24.8. The molecule has 0 fully saturated rings. The zero-order valence-electron chi connectivity index (χ0n) is 19.6. The van der Waals surface area contributed by atoms with Gasteiger partial charge < -0.3 is 24.1 Å². The lowest BCUT2D eigenvalue weighted by atomic mass is 9.96. The van der Waals surface area contributed by atoms with Gasteiger partial charge >= 0.3 is 12.1 Å². The van der Waals surface area contributed by atoms with Crippen molar-refractivity contribution in [2.75, 3.05) is 32.2 Å². The molecule has 0 spiro atoms. The Kier molecular flexibility index (Phi) is 11.2. The largest absolute Gasteiger partial charge is 0.497 e. The minimum Gasteiger partial charge on any atom is -0.497 e. The first-order valence-corrected chi connectivity index (χ1v) is 10.9. The molecule has 0 saturated carbocycles. The molecule has 0 heterocycles. The summed E-state index contributed by atoms with van der Waals surface area (Å²) < 4.78 is 21.2. The Labute approximate surface area is 199 Å².